The minimum Gasteiger partial charge on any atom is -0.445 e. The minimum absolute atomic E-state index is 0.220. The van der Waals surface area contributed by atoms with Gasteiger partial charge >= 0.3 is 6.09 Å². The molecule has 5 heteroatoms. The number of benzene rings is 1. The highest BCUT2D eigenvalue weighted by molar-refractivity contribution is 5.67. The van der Waals surface area contributed by atoms with Gasteiger partial charge in [0, 0.05) is 25.7 Å². The Bertz CT molecular complexity index is 431. The van der Waals surface area contributed by atoms with Gasteiger partial charge in [-0.2, -0.15) is 0 Å². The molecule has 0 aliphatic carbocycles. The molecule has 1 amide bonds. The van der Waals surface area contributed by atoms with E-state index in [9.17, 15) is 4.79 Å². The van der Waals surface area contributed by atoms with Crippen molar-refractivity contribution in [3.8, 4) is 0 Å². The summed E-state index contributed by atoms with van der Waals surface area (Å²) in [5, 5.41) is 12.2. The van der Waals surface area contributed by atoms with E-state index in [1.54, 1.807) is 4.90 Å². The summed E-state index contributed by atoms with van der Waals surface area (Å²) in [5.74, 6) is 0. The fourth-order valence-electron chi connectivity index (χ4n) is 2.62. The van der Waals surface area contributed by atoms with Gasteiger partial charge in [0.15, 0.2) is 0 Å². The summed E-state index contributed by atoms with van der Waals surface area (Å²) in [5.41, 5.74) is 1.01. The topological polar surface area (TPSA) is 61.8 Å². The quantitative estimate of drug-likeness (QED) is 0.758. The molecule has 1 heterocycles. The second-order valence-corrected chi connectivity index (χ2v) is 5.69. The molecule has 0 aromatic heterocycles. The van der Waals surface area contributed by atoms with Crippen molar-refractivity contribution in [1.82, 2.24) is 10.2 Å². The van der Waals surface area contributed by atoms with Crippen LogP contribution in [-0.4, -0.2) is 48.4 Å². The number of rotatable bonds is 7. The summed E-state index contributed by atoms with van der Waals surface area (Å²) in [4.78, 5) is 13.8. The Morgan fingerprint density at radius 2 is 1.95 bits per heavy atom. The molecule has 0 unspecified atom stereocenters. The summed E-state index contributed by atoms with van der Waals surface area (Å²) in [6.45, 7) is 3.01. The number of nitrogens with one attached hydrogen (secondary N) is 1. The number of likely N-dealkylation sites (tertiary alicyclic amines) is 1. The molecule has 0 spiro atoms. The average Bonchev–Trinajstić information content (AvgIpc) is 2.58. The van der Waals surface area contributed by atoms with Crippen molar-refractivity contribution < 1.29 is 14.6 Å². The molecule has 1 aliphatic heterocycles. The van der Waals surface area contributed by atoms with Crippen LogP contribution < -0.4 is 5.32 Å². The number of aliphatic hydroxyl groups is 1. The van der Waals surface area contributed by atoms with Crippen molar-refractivity contribution in [3.05, 3.63) is 35.9 Å². The summed E-state index contributed by atoms with van der Waals surface area (Å²) >= 11 is 0. The number of carbonyl (C=O) groups excluding carboxylic acids is 1. The molecule has 22 heavy (non-hydrogen) atoms. The number of hydrogen-bond donors (Lipinski definition) is 2. The van der Waals surface area contributed by atoms with Gasteiger partial charge < -0.3 is 20.1 Å². The number of piperidine rings is 1. The van der Waals surface area contributed by atoms with E-state index >= 15 is 0 Å². The van der Waals surface area contributed by atoms with Crippen molar-refractivity contribution in [1.29, 1.82) is 0 Å². The van der Waals surface area contributed by atoms with E-state index in [-0.39, 0.29) is 12.7 Å². The van der Waals surface area contributed by atoms with Crippen molar-refractivity contribution in [3.63, 3.8) is 0 Å². The molecular weight excluding hydrogens is 280 g/mol. The normalized spacial score (nSPS) is 15.8. The lowest BCUT2D eigenvalue weighted by Crippen LogP contribution is -2.45. The summed E-state index contributed by atoms with van der Waals surface area (Å²) in [6, 6.07) is 10.2. The zero-order chi connectivity index (χ0) is 15.6. The summed E-state index contributed by atoms with van der Waals surface area (Å²) in [6.07, 6.45) is 3.54. The van der Waals surface area contributed by atoms with Gasteiger partial charge in [0.1, 0.15) is 6.61 Å². The molecule has 122 valence electrons. The van der Waals surface area contributed by atoms with Crippen molar-refractivity contribution in [2.45, 2.75) is 38.3 Å². The zero-order valence-corrected chi connectivity index (χ0v) is 13.0. The van der Waals surface area contributed by atoms with Gasteiger partial charge in [-0.25, -0.2) is 4.79 Å². The third-order valence-corrected chi connectivity index (χ3v) is 3.98. The second kappa shape index (κ2) is 9.43. The van der Waals surface area contributed by atoms with Crippen LogP contribution in [0.5, 0.6) is 0 Å². The lowest BCUT2D eigenvalue weighted by Gasteiger charge is -2.31. The maximum absolute atomic E-state index is 12.0. The highest BCUT2D eigenvalue weighted by atomic mass is 16.6. The molecule has 2 N–H and O–H groups in total. The first-order valence-electron chi connectivity index (χ1n) is 8.09. The number of carbonyl (C=O) groups is 1. The Morgan fingerprint density at radius 3 is 2.64 bits per heavy atom. The molecule has 1 aromatic carbocycles. The predicted octanol–water partition coefficient (Wildman–Crippen LogP) is 2.15. The average molecular weight is 306 g/mol. The molecule has 0 bridgehead atoms. The molecule has 5 nitrogen and oxygen atoms in total. The number of nitrogens with zero attached hydrogens (tertiary/aromatic N) is 1. The molecule has 0 radical (unpaired) electrons. The summed E-state index contributed by atoms with van der Waals surface area (Å²) < 4.78 is 5.35. The van der Waals surface area contributed by atoms with Crippen LogP contribution in [0.1, 0.15) is 31.2 Å². The van der Waals surface area contributed by atoms with E-state index in [4.69, 9.17) is 9.84 Å². The molecular formula is C17H26N2O3. The molecule has 0 atom stereocenters. The van der Waals surface area contributed by atoms with E-state index < -0.39 is 0 Å². The van der Waals surface area contributed by atoms with Crippen LogP contribution in [0.15, 0.2) is 30.3 Å². The van der Waals surface area contributed by atoms with Crippen LogP contribution in [0.25, 0.3) is 0 Å². The maximum Gasteiger partial charge on any atom is 0.410 e. The maximum atomic E-state index is 12.0. The second-order valence-electron chi connectivity index (χ2n) is 5.69. The van der Waals surface area contributed by atoms with Gasteiger partial charge in [0.25, 0.3) is 0 Å². The SMILES string of the molecule is O=C(OCc1ccccc1)N1CCC(NCCCCO)CC1. The van der Waals surface area contributed by atoms with E-state index in [2.05, 4.69) is 5.32 Å². The molecule has 1 saturated heterocycles. The van der Waals surface area contributed by atoms with Crippen LogP contribution in [-0.2, 0) is 11.3 Å². The highest BCUT2D eigenvalue weighted by Crippen LogP contribution is 2.12. The van der Waals surface area contributed by atoms with Crippen molar-refractivity contribution in [2.75, 3.05) is 26.2 Å². The van der Waals surface area contributed by atoms with E-state index in [1.165, 1.54) is 0 Å². The van der Waals surface area contributed by atoms with Crippen molar-refractivity contribution in [2.24, 2.45) is 0 Å². The van der Waals surface area contributed by atoms with Gasteiger partial charge in [0.2, 0.25) is 0 Å². The van der Waals surface area contributed by atoms with E-state index in [0.717, 1.165) is 50.9 Å². The fourth-order valence-corrected chi connectivity index (χ4v) is 2.62. The smallest absolute Gasteiger partial charge is 0.410 e. The van der Waals surface area contributed by atoms with Crippen LogP contribution in [0, 0.1) is 0 Å². The largest absolute Gasteiger partial charge is 0.445 e. The number of aliphatic hydroxyl groups excluding tert-OH is 1. The van der Waals surface area contributed by atoms with Gasteiger partial charge in [-0.3, -0.25) is 0 Å². The fraction of sp³-hybridized carbons (Fsp3) is 0.588. The van der Waals surface area contributed by atoms with Crippen molar-refractivity contribution >= 4 is 6.09 Å². The summed E-state index contributed by atoms with van der Waals surface area (Å²) in [7, 11) is 0. The van der Waals surface area contributed by atoms with Gasteiger partial charge in [0.05, 0.1) is 0 Å². The van der Waals surface area contributed by atoms with Crippen LogP contribution in [0.2, 0.25) is 0 Å². The Hall–Kier alpha value is -1.59. The highest BCUT2D eigenvalue weighted by Gasteiger charge is 2.23. The number of hydrogen-bond acceptors (Lipinski definition) is 4. The zero-order valence-electron chi connectivity index (χ0n) is 13.0. The Morgan fingerprint density at radius 1 is 1.23 bits per heavy atom. The first-order valence-corrected chi connectivity index (χ1v) is 8.09. The molecule has 1 fully saturated rings. The molecule has 0 saturated carbocycles. The van der Waals surface area contributed by atoms with Crippen LogP contribution in [0.3, 0.4) is 0 Å². The van der Waals surface area contributed by atoms with Crippen LogP contribution in [0.4, 0.5) is 4.79 Å². The lowest BCUT2D eigenvalue weighted by atomic mass is 10.1. The van der Waals surface area contributed by atoms with Gasteiger partial charge in [-0.05, 0) is 37.8 Å². The van der Waals surface area contributed by atoms with Gasteiger partial charge in [-0.15, -0.1) is 0 Å². The van der Waals surface area contributed by atoms with Crippen LogP contribution >= 0.6 is 0 Å². The Balaban J connectivity index is 1.62. The lowest BCUT2D eigenvalue weighted by molar-refractivity contribution is 0.0852. The van der Waals surface area contributed by atoms with E-state index in [0.29, 0.717) is 12.6 Å². The third-order valence-electron chi connectivity index (χ3n) is 3.98. The monoisotopic (exact) mass is 306 g/mol. The number of amides is 1. The first kappa shape index (κ1) is 16.8. The number of unbranched alkanes of at least 4 members (excludes halogenated alkanes) is 1. The Labute approximate surface area is 132 Å². The number of ether oxygens (including phenoxy) is 1. The third kappa shape index (κ3) is 5.66. The molecule has 1 aromatic rings. The Kier molecular flexibility index (Phi) is 7.19. The standard InChI is InChI=1S/C17H26N2O3/c20-13-5-4-10-18-16-8-11-19(12-9-16)17(21)22-14-15-6-2-1-3-7-15/h1-3,6-7,16,18,20H,4-5,8-14H2. The minimum atomic E-state index is -0.220. The van der Waals surface area contributed by atoms with Gasteiger partial charge in [-0.1, -0.05) is 30.3 Å². The molecule has 2 rings (SSSR count). The predicted molar refractivity (Wildman–Crippen MR) is 85.5 cm³/mol. The van der Waals surface area contributed by atoms with E-state index in [1.807, 2.05) is 30.3 Å². The molecule has 1 aliphatic rings. The first-order chi connectivity index (χ1) is 10.8.